The van der Waals surface area contributed by atoms with Crippen LogP contribution in [0.2, 0.25) is 0 Å². The number of rotatable bonds is 5. The van der Waals surface area contributed by atoms with E-state index in [-0.39, 0.29) is 5.92 Å². The summed E-state index contributed by atoms with van der Waals surface area (Å²) >= 11 is 0. The van der Waals surface area contributed by atoms with E-state index in [2.05, 4.69) is 42.0 Å². The molecule has 0 atom stereocenters. The highest BCUT2D eigenvalue weighted by molar-refractivity contribution is 5.94. The zero-order chi connectivity index (χ0) is 25.5. The van der Waals surface area contributed by atoms with Gasteiger partial charge >= 0.3 is 0 Å². The van der Waals surface area contributed by atoms with Gasteiger partial charge in [-0.15, -0.1) is 0 Å². The molecule has 0 aliphatic carbocycles. The number of benzene rings is 1. The summed E-state index contributed by atoms with van der Waals surface area (Å²) in [5.74, 6) is 1.18. The van der Waals surface area contributed by atoms with E-state index in [4.69, 9.17) is 25.7 Å². The number of carbonyl (C=O) groups excluding carboxylic acids is 1. The number of hydrogen-bond donors (Lipinski definition) is 1. The summed E-state index contributed by atoms with van der Waals surface area (Å²) in [6.07, 6.45) is 3.78. The van der Waals surface area contributed by atoms with Crippen LogP contribution in [0.5, 0.6) is 0 Å². The number of aromatic nitrogens is 5. The molecule has 2 N–H and O–H groups in total. The fraction of sp³-hybridized carbons (Fsp3) is 0.407. The van der Waals surface area contributed by atoms with Crippen LogP contribution in [-0.2, 0) is 4.74 Å². The van der Waals surface area contributed by atoms with Gasteiger partial charge < -0.3 is 20.3 Å². The van der Waals surface area contributed by atoms with Crippen molar-refractivity contribution in [1.29, 1.82) is 0 Å². The van der Waals surface area contributed by atoms with Crippen molar-refractivity contribution in [3.63, 3.8) is 0 Å². The third kappa shape index (κ3) is 4.47. The van der Waals surface area contributed by atoms with Gasteiger partial charge in [-0.25, -0.2) is 9.67 Å². The van der Waals surface area contributed by atoms with Crippen molar-refractivity contribution in [3.05, 3.63) is 59.4 Å². The van der Waals surface area contributed by atoms with Crippen molar-refractivity contribution >= 4 is 17.4 Å². The molecule has 2 saturated heterocycles. The summed E-state index contributed by atoms with van der Waals surface area (Å²) in [4.78, 5) is 22.2. The predicted molar refractivity (Wildman–Crippen MR) is 141 cm³/mol. The maximum absolute atomic E-state index is 12.6. The molecule has 5 heterocycles. The van der Waals surface area contributed by atoms with E-state index < -0.39 is 5.91 Å². The second kappa shape index (κ2) is 9.60. The summed E-state index contributed by atoms with van der Waals surface area (Å²) in [6, 6.07) is 12.3. The highest BCUT2D eigenvalue weighted by Gasteiger charge is 2.30. The van der Waals surface area contributed by atoms with Gasteiger partial charge in [-0.2, -0.15) is 14.7 Å². The average Bonchev–Trinajstić information content (AvgIpc) is 3.55. The minimum Gasteiger partial charge on any atom is -0.378 e. The van der Waals surface area contributed by atoms with E-state index in [9.17, 15) is 4.79 Å². The van der Waals surface area contributed by atoms with Crippen LogP contribution in [0.15, 0.2) is 42.6 Å². The van der Waals surface area contributed by atoms with Crippen LogP contribution in [0.1, 0.15) is 40.4 Å². The fourth-order valence-electron chi connectivity index (χ4n) is 5.41. The molecule has 2 aliphatic heterocycles. The lowest BCUT2D eigenvalue weighted by molar-refractivity contribution is 0.0993. The van der Waals surface area contributed by atoms with Crippen molar-refractivity contribution in [1.82, 2.24) is 29.3 Å². The lowest BCUT2D eigenvalue weighted by atomic mass is 9.89. The van der Waals surface area contributed by atoms with E-state index in [1.807, 2.05) is 24.4 Å². The normalized spacial score (nSPS) is 17.5. The van der Waals surface area contributed by atoms with Gasteiger partial charge in [0.15, 0.2) is 17.2 Å². The molecule has 4 aromatic rings. The number of hydrogen-bond acceptors (Lipinski definition) is 7. The number of fused-ring (bicyclic) bond motifs is 1. The van der Waals surface area contributed by atoms with E-state index in [0.29, 0.717) is 30.4 Å². The lowest BCUT2D eigenvalue weighted by Gasteiger charge is -2.30. The van der Waals surface area contributed by atoms with Crippen LogP contribution in [0.3, 0.4) is 0 Å². The van der Waals surface area contributed by atoms with Crippen molar-refractivity contribution in [2.45, 2.75) is 25.7 Å². The number of amides is 1. The number of nitrogens with zero attached hydrogens (tertiary/aromatic N) is 7. The molecule has 10 nitrogen and oxygen atoms in total. The van der Waals surface area contributed by atoms with Gasteiger partial charge in [-0.05, 0) is 58.0 Å². The minimum atomic E-state index is -0.519. The molecule has 0 bridgehead atoms. The smallest absolute Gasteiger partial charge is 0.269 e. The first-order valence-corrected chi connectivity index (χ1v) is 12.9. The Bertz CT molecular complexity index is 1440. The number of piperidine rings is 1. The number of aryl methyl sites for hydroxylation is 1. The molecule has 0 spiro atoms. The minimum absolute atomic E-state index is 0.164. The maximum atomic E-state index is 12.6. The first kappa shape index (κ1) is 23.6. The molecule has 0 unspecified atom stereocenters. The zero-order valence-electron chi connectivity index (χ0n) is 21.3. The van der Waals surface area contributed by atoms with Gasteiger partial charge in [-0.3, -0.25) is 4.79 Å². The highest BCUT2D eigenvalue weighted by atomic mass is 16.5. The molecule has 1 amide bonds. The van der Waals surface area contributed by atoms with Gasteiger partial charge in [0.05, 0.1) is 18.9 Å². The van der Waals surface area contributed by atoms with Crippen LogP contribution in [-0.4, -0.2) is 81.6 Å². The Labute approximate surface area is 215 Å². The molecule has 6 rings (SSSR count). The Balaban J connectivity index is 1.52. The molecule has 2 aliphatic rings. The Morgan fingerprint density at radius 3 is 2.57 bits per heavy atom. The first-order valence-electron chi connectivity index (χ1n) is 12.9. The largest absolute Gasteiger partial charge is 0.378 e. The summed E-state index contributed by atoms with van der Waals surface area (Å²) in [5.41, 5.74) is 10.8. The van der Waals surface area contributed by atoms with Gasteiger partial charge in [-0.1, -0.05) is 23.8 Å². The van der Waals surface area contributed by atoms with Crippen LogP contribution in [0, 0.1) is 6.92 Å². The van der Waals surface area contributed by atoms with E-state index in [0.717, 1.165) is 61.7 Å². The van der Waals surface area contributed by atoms with Gasteiger partial charge in [0.1, 0.15) is 5.82 Å². The Morgan fingerprint density at radius 1 is 1.05 bits per heavy atom. The molecular weight excluding hydrogens is 468 g/mol. The van der Waals surface area contributed by atoms with E-state index in [1.165, 1.54) is 5.56 Å². The monoisotopic (exact) mass is 500 g/mol. The SMILES string of the molecule is Cc1cccc(-c2ccn(-c3cc(N4CCOCC4)n4nc(C(N)=O)c(C5CCN(C)CC5)c4n3)n2)c1. The fourth-order valence-corrected chi connectivity index (χ4v) is 5.41. The molecule has 3 aromatic heterocycles. The second-order valence-electron chi connectivity index (χ2n) is 10.0. The predicted octanol–water partition coefficient (Wildman–Crippen LogP) is 2.64. The van der Waals surface area contributed by atoms with Gasteiger partial charge in [0.25, 0.3) is 5.91 Å². The lowest BCUT2D eigenvalue weighted by Crippen LogP contribution is -2.37. The third-order valence-electron chi connectivity index (χ3n) is 7.43. The average molecular weight is 501 g/mol. The van der Waals surface area contributed by atoms with Crippen LogP contribution in [0.25, 0.3) is 22.7 Å². The number of ether oxygens (including phenoxy) is 1. The van der Waals surface area contributed by atoms with Crippen molar-refractivity contribution in [3.8, 4) is 17.1 Å². The summed E-state index contributed by atoms with van der Waals surface area (Å²) in [6.45, 7) is 6.69. The standard InChI is InChI=1S/C27H32N8O2/c1-18-4-3-5-20(16-18)21-8-11-34(30-21)22-17-23(33-12-14-37-15-13-33)35-27(29-22)24(25(31-35)26(28)36)19-6-9-32(2)10-7-19/h3-5,8,11,16-17,19H,6-7,9-10,12-15H2,1-2H3,(H2,28,36). The van der Waals surface area contributed by atoms with Gasteiger partial charge in [0.2, 0.25) is 0 Å². The Kier molecular flexibility index (Phi) is 6.13. The second-order valence-corrected chi connectivity index (χ2v) is 10.0. The molecule has 10 heteroatoms. The number of primary amides is 1. The molecule has 0 radical (unpaired) electrons. The van der Waals surface area contributed by atoms with Crippen molar-refractivity contribution < 1.29 is 9.53 Å². The highest BCUT2D eigenvalue weighted by Crippen LogP contribution is 2.35. The Morgan fingerprint density at radius 2 is 1.84 bits per heavy atom. The number of anilines is 1. The molecule has 2 fully saturated rings. The first-order chi connectivity index (χ1) is 18.0. The van der Waals surface area contributed by atoms with Gasteiger partial charge in [0, 0.05) is 36.5 Å². The quantitative estimate of drug-likeness (QED) is 0.449. The van der Waals surface area contributed by atoms with E-state index >= 15 is 0 Å². The molecular formula is C27H32N8O2. The topological polar surface area (TPSA) is 107 Å². The Hall–Kier alpha value is -3.76. The third-order valence-corrected chi connectivity index (χ3v) is 7.43. The summed E-state index contributed by atoms with van der Waals surface area (Å²) in [5, 5.41) is 9.59. The van der Waals surface area contributed by atoms with E-state index in [1.54, 1.807) is 9.20 Å². The zero-order valence-corrected chi connectivity index (χ0v) is 21.3. The van der Waals surface area contributed by atoms with Crippen molar-refractivity contribution in [2.24, 2.45) is 5.73 Å². The number of carbonyl (C=O) groups is 1. The van der Waals surface area contributed by atoms with Crippen molar-refractivity contribution in [2.75, 3.05) is 51.3 Å². The number of nitrogens with two attached hydrogens (primary N) is 1. The number of likely N-dealkylation sites (tertiary alicyclic amines) is 1. The maximum Gasteiger partial charge on any atom is 0.269 e. The number of morpholine rings is 1. The van der Waals surface area contributed by atoms with Crippen LogP contribution < -0.4 is 10.6 Å². The van der Waals surface area contributed by atoms with Crippen LogP contribution >= 0.6 is 0 Å². The molecule has 0 saturated carbocycles. The molecule has 1 aromatic carbocycles. The summed E-state index contributed by atoms with van der Waals surface area (Å²) < 4.78 is 9.20. The van der Waals surface area contributed by atoms with Crippen LogP contribution in [0.4, 0.5) is 5.82 Å². The summed E-state index contributed by atoms with van der Waals surface area (Å²) in [7, 11) is 2.12. The molecule has 192 valence electrons. The molecule has 37 heavy (non-hydrogen) atoms.